The molecule has 130 valence electrons. The summed E-state index contributed by atoms with van der Waals surface area (Å²) in [5, 5.41) is 2.96. The highest BCUT2D eigenvalue weighted by Crippen LogP contribution is 2.18. The SMILES string of the molecule is C[NH+](CC(=O)NC1CC1)CC(=O)N1CCN(c2ncccn2)CC1. The van der Waals surface area contributed by atoms with Crippen LogP contribution in [0.5, 0.6) is 0 Å². The molecule has 2 N–H and O–H groups in total. The van der Waals surface area contributed by atoms with Crippen molar-refractivity contribution >= 4 is 17.8 Å². The van der Waals surface area contributed by atoms with Crippen molar-refractivity contribution in [1.82, 2.24) is 20.2 Å². The standard InChI is InChI=1S/C16H24N6O2/c1-20(11-14(23)19-13-3-4-13)12-15(24)21-7-9-22(10-8-21)16-17-5-2-6-18-16/h2,5-6,13H,3-4,7-12H2,1H3,(H,19,23)/p+1. The molecular formula is C16H25N6O2+. The maximum atomic E-state index is 12.4. The fraction of sp³-hybridized carbons (Fsp3) is 0.625. The van der Waals surface area contributed by atoms with Gasteiger partial charge in [-0.15, -0.1) is 0 Å². The summed E-state index contributed by atoms with van der Waals surface area (Å²) in [6, 6.07) is 2.16. The average Bonchev–Trinajstić information content (AvgIpc) is 3.39. The predicted octanol–water partition coefficient (Wildman–Crippen LogP) is -2.08. The van der Waals surface area contributed by atoms with Crippen LogP contribution in [0.15, 0.2) is 18.5 Å². The lowest BCUT2D eigenvalue weighted by molar-refractivity contribution is -0.863. The van der Waals surface area contributed by atoms with Crippen molar-refractivity contribution in [2.75, 3.05) is 51.2 Å². The molecule has 1 saturated heterocycles. The lowest BCUT2D eigenvalue weighted by Gasteiger charge is -2.34. The number of rotatable bonds is 6. The summed E-state index contributed by atoms with van der Waals surface area (Å²) in [6.45, 7) is 3.49. The minimum Gasteiger partial charge on any atom is -0.348 e. The first kappa shape index (κ1) is 16.6. The van der Waals surface area contributed by atoms with Crippen LogP contribution in [-0.4, -0.2) is 79.0 Å². The highest BCUT2D eigenvalue weighted by Gasteiger charge is 2.27. The fourth-order valence-corrected chi connectivity index (χ4v) is 2.82. The summed E-state index contributed by atoms with van der Waals surface area (Å²) in [7, 11) is 1.89. The van der Waals surface area contributed by atoms with Crippen LogP contribution in [0.4, 0.5) is 5.95 Å². The molecule has 8 nitrogen and oxygen atoms in total. The largest absolute Gasteiger partial charge is 0.348 e. The molecule has 1 aromatic rings. The van der Waals surface area contributed by atoms with Gasteiger partial charge in [-0.3, -0.25) is 9.59 Å². The van der Waals surface area contributed by atoms with E-state index in [-0.39, 0.29) is 11.8 Å². The highest BCUT2D eigenvalue weighted by molar-refractivity contribution is 5.79. The zero-order valence-electron chi connectivity index (χ0n) is 14.1. The van der Waals surface area contributed by atoms with E-state index in [2.05, 4.69) is 20.2 Å². The van der Waals surface area contributed by atoms with Crippen molar-refractivity contribution in [2.24, 2.45) is 0 Å². The number of amides is 2. The number of nitrogens with one attached hydrogen (secondary N) is 2. The van der Waals surface area contributed by atoms with Crippen LogP contribution in [0, 0.1) is 0 Å². The molecule has 0 spiro atoms. The predicted molar refractivity (Wildman–Crippen MR) is 88.6 cm³/mol. The van der Waals surface area contributed by atoms with Gasteiger partial charge in [-0.25, -0.2) is 9.97 Å². The van der Waals surface area contributed by atoms with Gasteiger partial charge < -0.3 is 20.0 Å². The number of hydrogen-bond acceptors (Lipinski definition) is 5. The van der Waals surface area contributed by atoms with E-state index >= 15 is 0 Å². The van der Waals surface area contributed by atoms with Gasteiger partial charge in [0.05, 0.1) is 7.05 Å². The molecule has 2 amide bonds. The Morgan fingerprint density at radius 1 is 1.17 bits per heavy atom. The summed E-state index contributed by atoms with van der Waals surface area (Å²) < 4.78 is 0. The van der Waals surface area contributed by atoms with Crippen molar-refractivity contribution in [2.45, 2.75) is 18.9 Å². The second-order valence-electron chi connectivity index (χ2n) is 6.57. The number of hydrogen-bond donors (Lipinski definition) is 2. The summed E-state index contributed by atoms with van der Waals surface area (Å²) in [6.07, 6.45) is 5.62. The first-order chi connectivity index (χ1) is 11.6. The molecule has 0 radical (unpaired) electrons. The summed E-state index contributed by atoms with van der Waals surface area (Å²) >= 11 is 0. The van der Waals surface area contributed by atoms with Crippen molar-refractivity contribution in [3.63, 3.8) is 0 Å². The zero-order valence-corrected chi connectivity index (χ0v) is 14.1. The van der Waals surface area contributed by atoms with E-state index in [9.17, 15) is 9.59 Å². The van der Waals surface area contributed by atoms with Crippen molar-refractivity contribution in [1.29, 1.82) is 0 Å². The lowest BCUT2D eigenvalue weighted by atomic mass is 10.3. The van der Waals surface area contributed by atoms with Crippen molar-refractivity contribution < 1.29 is 14.5 Å². The normalized spacial score (nSPS) is 19.0. The molecule has 1 saturated carbocycles. The van der Waals surface area contributed by atoms with E-state index in [1.54, 1.807) is 18.5 Å². The van der Waals surface area contributed by atoms with Crippen molar-refractivity contribution in [3.8, 4) is 0 Å². The summed E-state index contributed by atoms with van der Waals surface area (Å²) in [4.78, 5) is 37.5. The molecule has 1 atom stereocenters. The van der Waals surface area contributed by atoms with Crippen molar-refractivity contribution in [3.05, 3.63) is 18.5 Å². The topological polar surface area (TPSA) is 82.9 Å². The molecule has 2 aliphatic rings. The number of likely N-dealkylation sites (N-methyl/N-ethyl adjacent to an activating group) is 1. The Morgan fingerprint density at radius 2 is 1.83 bits per heavy atom. The minimum absolute atomic E-state index is 0.0360. The maximum absolute atomic E-state index is 12.4. The van der Waals surface area contributed by atoms with Crippen LogP contribution in [-0.2, 0) is 9.59 Å². The second kappa shape index (κ2) is 7.57. The summed E-state index contributed by atoms with van der Waals surface area (Å²) in [5.74, 6) is 0.846. The number of quaternary nitrogens is 1. The molecule has 24 heavy (non-hydrogen) atoms. The van der Waals surface area contributed by atoms with Gasteiger partial charge in [0, 0.05) is 44.6 Å². The van der Waals surface area contributed by atoms with Crippen LogP contribution in [0.3, 0.4) is 0 Å². The Labute approximate surface area is 141 Å². The maximum Gasteiger partial charge on any atom is 0.277 e. The fourth-order valence-electron chi connectivity index (χ4n) is 2.82. The molecule has 1 aromatic heterocycles. The minimum atomic E-state index is 0.0360. The number of carbonyl (C=O) groups is 2. The first-order valence-corrected chi connectivity index (χ1v) is 8.52. The molecule has 1 aliphatic heterocycles. The van der Waals surface area contributed by atoms with Gasteiger partial charge in [0.15, 0.2) is 13.1 Å². The highest BCUT2D eigenvalue weighted by atomic mass is 16.2. The third-order valence-electron chi connectivity index (χ3n) is 4.33. The Morgan fingerprint density at radius 3 is 2.46 bits per heavy atom. The van der Waals surface area contributed by atoms with Gasteiger partial charge >= 0.3 is 0 Å². The number of nitrogens with zero attached hydrogens (tertiary/aromatic N) is 4. The molecule has 2 fully saturated rings. The van der Waals surface area contributed by atoms with E-state index < -0.39 is 0 Å². The number of piperazine rings is 1. The van der Waals surface area contributed by atoms with E-state index in [0.717, 1.165) is 30.8 Å². The van der Waals surface area contributed by atoms with Gasteiger partial charge in [0.1, 0.15) is 0 Å². The van der Waals surface area contributed by atoms with Gasteiger partial charge in [0.2, 0.25) is 5.95 Å². The smallest absolute Gasteiger partial charge is 0.277 e. The Kier molecular flexibility index (Phi) is 5.24. The molecule has 1 unspecified atom stereocenters. The van der Waals surface area contributed by atoms with Gasteiger partial charge in [-0.05, 0) is 18.9 Å². The molecule has 2 heterocycles. The van der Waals surface area contributed by atoms with Gasteiger partial charge in [0.25, 0.3) is 11.8 Å². The van der Waals surface area contributed by atoms with Crippen LogP contribution in [0.2, 0.25) is 0 Å². The van der Waals surface area contributed by atoms with E-state index in [1.165, 1.54) is 0 Å². The Balaban J connectivity index is 1.40. The number of carbonyl (C=O) groups excluding carboxylic acids is 2. The van der Waals surface area contributed by atoms with E-state index in [4.69, 9.17) is 0 Å². The molecule has 0 bridgehead atoms. The van der Waals surface area contributed by atoms with Crippen LogP contribution in [0.1, 0.15) is 12.8 Å². The number of aromatic nitrogens is 2. The second-order valence-corrected chi connectivity index (χ2v) is 6.57. The van der Waals surface area contributed by atoms with Crippen LogP contribution < -0.4 is 15.1 Å². The third kappa shape index (κ3) is 4.64. The molecule has 3 rings (SSSR count). The van der Waals surface area contributed by atoms with Gasteiger partial charge in [-0.1, -0.05) is 0 Å². The Bertz CT molecular complexity index is 569. The molecule has 0 aromatic carbocycles. The average molecular weight is 333 g/mol. The monoisotopic (exact) mass is 333 g/mol. The molecular weight excluding hydrogens is 308 g/mol. The van der Waals surface area contributed by atoms with Crippen LogP contribution >= 0.6 is 0 Å². The Hall–Kier alpha value is -2.22. The molecule has 1 aliphatic carbocycles. The van der Waals surface area contributed by atoms with E-state index in [1.807, 2.05) is 11.9 Å². The number of anilines is 1. The third-order valence-corrected chi connectivity index (χ3v) is 4.33. The summed E-state index contributed by atoms with van der Waals surface area (Å²) in [5.41, 5.74) is 0. The first-order valence-electron chi connectivity index (χ1n) is 8.52. The quantitative estimate of drug-likeness (QED) is 0.624. The van der Waals surface area contributed by atoms with Crippen LogP contribution in [0.25, 0.3) is 0 Å². The molecule has 8 heteroatoms. The van der Waals surface area contributed by atoms with E-state index in [0.29, 0.717) is 38.2 Å². The van der Waals surface area contributed by atoms with Gasteiger partial charge in [-0.2, -0.15) is 0 Å². The lowest BCUT2D eigenvalue weighted by Crippen LogP contribution is -3.11. The zero-order chi connectivity index (χ0) is 16.9.